The van der Waals surface area contributed by atoms with E-state index in [2.05, 4.69) is 35.2 Å². The first-order chi connectivity index (χ1) is 10.3. The first-order valence-electron chi connectivity index (χ1n) is 7.58. The molecule has 2 aromatic heterocycles. The second-order valence-corrected chi connectivity index (χ2v) is 6.65. The molecule has 0 amide bonds. The van der Waals surface area contributed by atoms with Crippen LogP contribution < -0.4 is 10.2 Å². The van der Waals surface area contributed by atoms with Gasteiger partial charge in [0, 0.05) is 43.4 Å². The lowest BCUT2D eigenvalue weighted by atomic mass is 10.3. The molecule has 2 heterocycles. The topological polar surface area (TPSA) is 41.1 Å². The molecule has 3 rings (SSSR count). The lowest BCUT2D eigenvalue weighted by Crippen LogP contribution is -2.16. The molecule has 1 fully saturated rings. The van der Waals surface area contributed by atoms with Gasteiger partial charge in [-0.1, -0.05) is 13.0 Å². The van der Waals surface area contributed by atoms with Crippen molar-refractivity contribution in [3.63, 3.8) is 0 Å². The Labute approximate surface area is 130 Å². The first kappa shape index (κ1) is 14.5. The summed E-state index contributed by atoms with van der Waals surface area (Å²) in [6.45, 7) is 3.99. The van der Waals surface area contributed by atoms with Crippen molar-refractivity contribution in [2.45, 2.75) is 45.3 Å². The maximum absolute atomic E-state index is 4.81. The molecule has 112 valence electrons. The molecule has 1 saturated carbocycles. The van der Waals surface area contributed by atoms with Crippen molar-refractivity contribution in [3.8, 4) is 0 Å². The molecule has 0 radical (unpaired) electrons. The predicted molar refractivity (Wildman–Crippen MR) is 87.7 cm³/mol. The van der Waals surface area contributed by atoms with E-state index in [1.165, 1.54) is 29.0 Å². The highest BCUT2D eigenvalue weighted by Crippen LogP contribution is 2.28. The van der Waals surface area contributed by atoms with Gasteiger partial charge < -0.3 is 10.2 Å². The third-order valence-electron chi connectivity index (χ3n) is 3.70. The summed E-state index contributed by atoms with van der Waals surface area (Å²) in [5, 5.41) is 4.69. The highest BCUT2D eigenvalue weighted by atomic mass is 32.1. The van der Waals surface area contributed by atoms with E-state index in [-0.39, 0.29) is 0 Å². The number of anilines is 1. The zero-order valence-corrected chi connectivity index (χ0v) is 13.5. The standard InChI is InChI=1S/C16H22N4S/c1-3-14-15(10-18-13-6-7-13)21-16(19-14)20(2)11-12-5-4-8-17-9-12/h4-5,8-9,13,18H,3,6-7,10-11H2,1-2H3. The van der Waals surface area contributed by atoms with Crippen molar-refractivity contribution >= 4 is 16.5 Å². The zero-order chi connectivity index (χ0) is 14.7. The number of hydrogen-bond donors (Lipinski definition) is 1. The van der Waals surface area contributed by atoms with Crippen LogP contribution in [0, 0.1) is 0 Å². The SMILES string of the molecule is CCc1nc(N(C)Cc2cccnc2)sc1CNC1CC1. The highest BCUT2D eigenvalue weighted by Gasteiger charge is 2.21. The van der Waals surface area contributed by atoms with Crippen molar-refractivity contribution < 1.29 is 0 Å². The molecule has 0 aliphatic heterocycles. The van der Waals surface area contributed by atoms with E-state index < -0.39 is 0 Å². The lowest BCUT2D eigenvalue weighted by Gasteiger charge is -2.15. The molecule has 5 heteroatoms. The van der Waals surface area contributed by atoms with Gasteiger partial charge in [0.15, 0.2) is 5.13 Å². The summed E-state index contributed by atoms with van der Waals surface area (Å²) in [7, 11) is 2.10. The summed E-state index contributed by atoms with van der Waals surface area (Å²) in [6, 6.07) is 4.83. The van der Waals surface area contributed by atoms with Crippen LogP contribution in [-0.2, 0) is 19.5 Å². The fraction of sp³-hybridized carbons (Fsp3) is 0.500. The maximum Gasteiger partial charge on any atom is 0.185 e. The smallest absolute Gasteiger partial charge is 0.185 e. The number of nitrogens with zero attached hydrogens (tertiary/aromatic N) is 3. The number of aryl methyl sites for hydroxylation is 1. The third kappa shape index (κ3) is 3.80. The number of hydrogen-bond acceptors (Lipinski definition) is 5. The zero-order valence-electron chi connectivity index (χ0n) is 12.7. The Morgan fingerprint density at radius 2 is 2.29 bits per heavy atom. The second kappa shape index (κ2) is 6.54. The Kier molecular flexibility index (Phi) is 4.51. The Balaban J connectivity index is 1.68. The summed E-state index contributed by atoms with van der Waals surface area (Å²) in [4.78, 5) is 12.6. The molecule has 0 unspecified atom stereocenters. The monoisotopic (exact) mass is 302 g/mol. The molecule has 0 spiro atoms. The Morgan fingerprint density at radius 3 is 2.95 bits per heavy atom. The molecule has 2 aromatic rings. The van der Waals surface area contributed by atoms with Crippen LogP contribution in [0.4, 0.5) is 5.13 Å². The molecule has 1 aliphatic carbocycles. The average molecular weight is 302 g/mol. The number of aromatic nitrogens is 2. The summed E-state index contributed by atoms with van der Waals surface area (Å²) >= 11 is 1.81. The van der Waals surface area contributed by atoms with E-state index in [4.69, 9.17) is 4.98 Å². The van der Waals surface area contributed by atoms with Crippen LogP contribution in [0.15, 0.2) is 24.5 Å². The fourth-order valence-electron chi connectivity index (χ4n) is 2.30. The van der Waals surface area contributed by atoms with E-state index in [0.717, 1.165) is 30.7 Å². The molecule has 4 nitrogen and oxygen atoms in total. The van der Waals surface area contributed by atoms with Gasteiger partial charge in [-0.05, 0) is 30.9 Å². The van der Waals surface area contributed by atoms with Crippen molar-refractivity contribution in [3.05, 3.63) is 40.7 Å². The number of thiazole rings is 1. The number of pyridine rings is 1. The van der Waals surface area contributed by atoms with Crippen molar-refractivity contribution in [2.24, 2.45) is 0 Å². The van der Waals surface area contributed by atoms with Gasteiger partial charge in [0.1, 0.15) is 0 Å². The van der Waals surface area contributed by atoms with Crippen LogP contribution >= 0.6 is 11.3 Å². The minimum Gasteiger partial charge on any atom is -0.347 e. The summed E-state index contributed by atoms with van der Waals surface area (Å²) in [6.07, 6.45) is 7.38. The van der Waals surface area contributed by atoms with E-state index in [9.17, 15) is 0 Å². The van der Waals surface area contributed by atoms with Crippen LogP contribution in [-0.4, -0.2) is 23.1 Å². The van der Waals surface area contributed by atoms with Gasteiger partial charge in [-0.15, -0.1) is 11.3 Å². The maximum atomic E-state index is 4.81. The largest absolute Gasteiger partial charge is 0.347 e. The predicted octanol–water partition coefficient (Wildman–Crippen LogP) is 2.99. The quantitative estimate of drug-likeness (QED) is 0.853. The third-order valence-corrected chi connectivity index (χ3v) is 4.91. The van der Waals surface area contributed by atoms with Gasteiger partial charge >= 0.3 is 0 Å². The van der Waals surface area contributed by atoms with Gasteiger partial charge in [0.2, 0.25) is 0 Å². The Morgan fingerprint density at radius 1 is 1.43 bits per heavy atom. The van der Waals surface area contributed by atoms with E-state index >= 15 is 0 Å². The lowest BCUT2D eigenvalue weighted by molar-refractivity contribution is 0.689. The van der Waals surface area contributed by atoms with Gasteiger partial charge in [0.25, 0.3) is 0 Å². The molecule has 21 heavy (non-hydrogen) atoms. The summed E-state index contributed by atoms with van der Waals surface area (Å²) in [5.41, 5.74) is 2.45. The van der Waals surface area contributed by atoms with Crippen LogP contribution in [0.2, 0.25) is 0 Å². The molecule has 0 saturated heterocycles. The van der Waals surface area contributed by atoms with Crippen molar-refractivity contribution in [2.75, 3.05) is 11.9 Å². The molecule has 0 bridgehead atoms. The van der Waals surface area contributed by atoms with Crippen LogP contribution in [0.3, 0.4) is 0 Å². The summed E-state index contributed by atoms with van der Waals surface area (Å²) < 4.78 is 0. The highest BCUT2D eigenvalue weighted by molar-refractivity contribution is 7.15. The van der Waals surface area contributed by atoms with E-state index in [1.807, 2.05) is 29.8 Å². The minimum absolute atomic E-state index is 0.744. The number of nitrogens with one attached hydrogen (secondary N) is 1. The van der Waals surface area contributed by atoms with Gasteiger partial charge in [-0.2, -0.15) is 0 Å². The van der Waals surface area contributed by atoms with Crippen molar-refractivity contribution in [1.82, 2.24) is 15.3 Å². The fourth-order valence-corrected chi connectivity index (χ4v) is 3.36. The molecule has 1 aliphatic rings. The van der Waals surface area contributed by atoms with E-state index in [1.54, 1.807) is 0 Å². The molecule has 0 atom stereocenters. The van der Waals surface area contributed by atoms with E-state index in [0.29, 0.717) is 0 Å². The van der Waals surface area contributed by atoms with Crippen LogP contribution in [0.5, 0.6) is 0 Å². The second-order valence-electron chi connectivity index (χ2n) is 5.59. The molecule has 0 aromatic carbocycles. The first-order valence-corrected chi connectivity index (χ1v) is 8.40. The Hall–Kier alpha value is -1.46. The number of rotatable bonds is 7. The van der Waals surface area contributed by atoms with Gasteiger partial charge in [-0.25, -0.2) is 4.98 Å². The van der Waals surface area contributed by atoms with Crippen LogP contribution in [0.1, 0.15) is 35.9 Å². The average Bonchev–Trinajstić information content (AvgIpc) is 3.24. The van der Waals surface area contributed by atoms with Gasteiger partial charge in [-0.3, -0.25) is 4.98 Å². The molecular formula is C16H22N4S. The minimum atomic E-state index is 0.744. The summed E-state index contributed by atoms with van der Waals surface area (Å²) in [5.74, 6) is 0. The van der Waals surface area contributed by atoms with Gasteiger partial charge in [0.05, 0.1) is 5.69 Å². The molecule has 1 N–H and O–H groups in total. The van der Waals surface area contributed by atoms with Crippen LogP contribution in [0.25, 0.3) is 0 Å². The van der Waals surface area contributed by atoms with Crippen molar-refractivity contribution in [1.29, 1.82) is 0 Å². The molecular weight excluding hydrogens is 280 g/mol. The normalized spacial score (nSPS) is 14.4. The Bertz CT molecular complexity index is 577.